The lowest BCUT2D eigenvalue weighted by atomic mass is 10.3. The van der Waals surface area contributed by atoms with Crippen LogP contribution in [0, 0.1) is 5.82 Å². The Kier molecular flexibility index (Phi) is 3.00. The number of aromatic nitrogens is 1. The first-order valence-electron chi connectivity index (χ1n) is 5.41. The van der Waals surface area contributed by atoms with Crippen LogP contribution >= 0.6 is 22.9 Å². The molecule has 2 aromatic carbocycles. The SMILES string of the molecule is Nc1ccc2nc(Oc3cccc(Cl)c3F)sc2c1. The number of benzene rings is 2. The number of halogens is 2. The molecule has 1 aromatic heterocycles. The maximum atomic E-state index is 13.7. The van der Waals surface area contributed by atoms with Crippen LogP contribution in [0.3, 0.4) is 0 Å². The van der Waals surface area contributed by atoms with E-state index in [2.05, 4.69) is 4.98 Å². The zero-order valence-corrected chi connectivity index (χ0v) is 11.1. The zero-order valence-electron chi connectivity index (χ0n) is 9.56. The standard InChI is InChI=1S/C13H8ClFN2OS/c14-8-2-1-3-10(12(8)15)18-13-17-9-5-4-7(16)6-11(9)19-13/h1-6H,16H2. The Balaban J connectivity index is 1.99. The summed E-state index contributed by atoms with van der Waals surface area (Å²) in [7, 11) is 0. The molecule has 3 aromatic rings. The number of hydrogen-bond donors (Lipinski definition) is 1. The first-order chi connectivity index (χ1) is 9.13. The summed E-state index contributed by atoms with van der Waals surface area (Å²) < 4.78 is 20.0. The fraction of sp³-hybridized carbons (Fsp3) is 0. The first kappa shape index (κ1) is 12.2. The fourth-order valence-electron chi connectivity index (χ4n) is 1.62. The second kappa shape index (κ2) is 4.68. The van der Waals surface area contributed by atoms with Crippen molar-refractivity contribution < 1.29 is 9.13 Å². The van der Waals surface area contributed by atoms with Crippen LogP contribution in [0.5, 0.6) is 10.9 Å². The number of nitrogens with zero attached hydrogens (tertiary/aromatic N) is 1. The van der Waals surface area contributed by atoms with E-state index in [1.807, 2.05) is 0 Å². The highest BCUT2D eigenvalue weighted by atomic mass is 35.5. The molecule has 0 bridgehead atoms. The van der Waals surface area contributed by atoms with E-state index in [-0.39, 0.29) is 10.8 Å². The van der Waals surface area contributed by atoms with Crippen LogP contribution in [0.25, 0.3) is 10.2 Å². The Hall–Kier alpha value is -1.85. The predicted molar refractivity (Wildman–Crippen MR) is 75.5 cm³/mol. The summed E-state index contributed by atoms with van der Waals surface area (Å²) in [5.74, 6) is -0.539. The van der Waals surface area contributed by atoms with Gasteiger partial charge >= 0.3 is 0 Å². The average Bonchev–Trinajstić information content (AvgIpc) is 2.76. The Morgan fingerprint density at radius 3 is 2.95 bits per heavy atom. The molecular formula is C13H8ClFN2OS. The number of anilines is 1. The molecular weight excluding hydrogens is 287 g/mol. The summed E-state index contributed by atoms with van der Waals surface area (Å²) in [5.41, 5.74) is 7.10. The van der Waals surface area contributed by atoms with E-state index in [9.17, 15) is 4.39 Å². The highest BCUT2D eigenvalue weighted by molar-refractivity contribution is 7.20. The molecule has 0 aliphatic heterocycles. The van der Waals surface area contributed by atoms with Gasteiger partial charge in [-0.3, -0.25) is 0 Å². The largest absolute Gasteiger partial charge is 0.428 e. The van der Waals surface area contributed by atoms with Crippen molar-refractivity contribution in [1.82, 2.24) is 4.98 Å². The van der Waals surface area contributed by atoms with Crippen molar-refractivity contribution in [3.8, 4) is 10.9 Å². The van der Waals surface area contributed by atoms with Crippen LogP contribution in [0.2, 0.25) is 5.02 Å². The maximum absolute atomic E-state index is 13.7. The molecule has 19 heavy (non-hydrogen) atoms. The van der Waals surface area contributed by atoms with Crippen LogP contribution in [-0.2, 0) is 0 Å². The van der Waals surface area contributed by atoms with E-state index in [1.54, 1.807) is 24.3 Å². The second-order valence-electron chi connectivity index (χ2n) is 3.86. The molecule has 0 saturated carbocycles. The molecule has 0 atom stereocenters. The maximum Gasteiger partial charge on any atom is 0.279 e. The molecule has 0 saturated heterocycles. The summed E-state index contributed by atoms with van der Waals surface area (Å²) in [6.45, 7) is 0. The van der Waals surface area contributed by atoms with E-state index >= 15 is 0 Å². The van der Waals surface area contributed by atoms with Gasteiger partial charge in [0, 0.05) is 5.69 Å². The number of thiazole rings is 1. The summed E-state index contributed by atoms with van der Waals surface area (Å²) in [6.07, 6.45) is 0. The summed E-state index contributed by atoms with van der Waals surface area (Å²) in [5, 5.41) is 0.365. The Morgan fingerprint density at radius 1 is 1.26 bits per heavy atom. The van der Waals surface area contributed by atoms with Crippen molar-refractivity contribution in [1.29, 1.82) is 0 Å². The monoisotopic (exact) mass is 294 g/mol. The van der Waals surface area contributed by atoms with Gasteiger partial charge in [-0.05, 0) is 30.3 Å². The number of rotatable bonds is 2. The number of nitrogens with two attached hydrogens (primary N) is 1. The fourth-order valence-corrected chi connectivity index (χ4v) is 2.66. The first-order valence-corrected chi connectivity index (χ1v) is 6.61. The minimum atomic E-state index is -0.595. The smallest absolute Gasteiger partial charge is 0.279 e. The minimum absolute atomic E-state index is 0.0165. The zero-order chi connectivity index (χ0) is 13.4. The van der Waals surface area contributed by atoms with Gasteiger partial charge in [0.15, 0.2) is 11.6 Å². The quantitative estimate of drug-likeness (QED) is 0.710. The topological polar surface area (TPSA) is 48.1 Å². The lowest BCUT2D eigenvalue weighted by Crippen LogP contribution is -1.88. The number of fused-ring (bicyclic) bond motifs is 1. The Bertz CT molecular complexity index is 759. The van der Waals surface area contributed by atoms with Crippen molar-refractivity contribution in [2.75, 3.05) is 5.73 Å². The number of ether oxygens (including phenoxy) is 1. The van der Waals surface area contributed by atoms with Crippen molar-refractivity contribution >= 4 is 38.8 Å². The third-order valence-corrected chi connectivity index (χ3v) is 3.69. The van der Waals surface area contributed by atoms with E-state index in [0.717, 1.165) is 10.2 Å². The molecule has 6 heteroatoms. The lowest BCUT2D eigenvalue weighted by Gasteiger charge is -2.03. The average molecular weight is 295 g/mol. The van der Waals surface area contributed by atoms with E-state index in [0.29, 0.717) is 10.9 Å². The molecule has 0 fully saturated rings. The van der Waals surface area contributed by atoms with Crippen LogP contribution in [-0.4, -0.2) is 4.98 Å². The van der Waals surface area contributed by atoms with Crippen molar-refractivity contribution in [2.24, 2.45) is 0 Å². The van der Waals surface area contributed by atoms with Gasteiger partial charge < -0.3 is 10.5 Å². The van der Waals surface area contributed by atoms with Crippen LogP contribution in [0.1, 0.15) is 0 Å². The van der Waals surface area contributed by atoms with Crippen molar-refractivity contribution in [3.63, 3.8) is 0 Å². The summed E-state index contributed by atoms with van der Waals surface area (Å²) in [4.78, 5) is 4.25. The Labute approximate surface area is 117 Å². The third-order valence-electron chi connectivity index (χ3n) is 2.51. The number of hydrogen-bond acceptors (Lipinski definition) is 4. The molecule has 3 nitrogen and oxygen atoms in total. The molecule has 0 amide bonds. The molecule has 0 aliphatic rings. The van der Waals surface area contributed by atoms with E-state index in [1.165, 1.54) is 23.5 Å². The highest BCUT2D eigenvalue weighted by Crippen LogP contribution is 2.34. The van der Waals surface area contributed by atoms with Crippen molar-refractivity contribution in [3.05, 3.63) is 47.2 Å². The molecule has 0 unspecified atom stereocenters. The van der Waals surface area contributed by atoms with Crippen LogP contribution in [0.15, 0.2) is 36.4 Å². The molecule has 2 N–H and O–H groups in total. The summed E-state index contributed by atoms with van der Waals surface area (Å²) in [6, 6.07) is 9.93. The van der Waals surface area contributed by atoms with Gasteiger partial charge in [0.25, 0.3) is 5.19 Å². The van der Waals surface area contributed by atoms with Crippen LogP contribution < -0.4 is 10.5 Å². The number of nitrogen functional groups attached to an aromatic ring is 1. The van der Waals surface area contributed by atoms with E-state index < -0.39 is 5.82 Å². The van der Waals surface area contributed by atoms with Gasteiger partial charge in [0.2, 0.25) is 0 Å². The van der Waals surface area contributed by atoms with Gasteiger partial charge in [-0.15, -0.1) is 0 Å². The predicted octanol–water partition coefficient (Wildman–Crippen LogP) is 4.46. The highest BCUT2D eigenvalue weighted by Gasteiger charge is 2.11. The molecule has 96 valence electrons. The molecule has 0 radical (unpaired) electrons. The van der Waals surface area contributed by atoms with Gasteiger partial charge in [0.05, 0.1) is 15.2 Å². The van der Waals surface area contributed by atoms with Gasteiger partial charge in [-0.2, -0.15) is 0 Å². The summed E-state index contributed by atoms with van der Waals surface area (Å²) >= 11 is 6.99. The molecule has 1 heterocycles. The lowest BCUT2D eigenvalue weighted by molar-refractivity contribution is 0.441. The second-order valence-corrected chi connectivity index (χ2v) is 5.26. The van der Waals surface area contributed by atoms with Gasteiger partial charge in [-0.1, -0.05) is 29.0 Å². The minimum Gasteiger partial charge on any atom is -0.428 e. The Morgan fingerprint density at radius 2 is 2.11 bits per heavy atom. The van der Waals surface area contributed by atoms with Gasteiger partial charge in [-0.25, -0.2) is 9.37 Å². The van der Waals surface area contributed by atoms with Crippen molar-refractivity contribution in [2.45, 2.75) is 0 Å². The third kappa shape index (κ3) is 2.34. The normalized spacial score (nSPS) is 10.8. The molecule has 3 rings (SSSR count). The van der Waals surface area contributed by atoms with Gasteiger partial charge in [0.1, 0.15) is 0 Å². The van der Waals surface area contributed by atoms with E-state index in [4.69, 9.17) is 22.1 Å². The van der Waals surface area contributed by atoms with Crippen LogP contribution in [0.4, 0.5) is 10.1 Å². The molecule has 0 aliphatic carbocycles. The molecule has 0 spiro atoms.